The van der Waals surface area contributed by atoms with Gasteiger partial charge in [0.2, 0.25) is 3.79 Å². The largest absolute Gasteiger partial charge is 0.385 e. The highest BCUT2D eigenvalue weighted by Gasteiger charge is 2.28. The van der Waals surface area contributed by atoms with Crippen LogP contribution in [0.1, 0.15) is 5.56 Å². The van der Waals surface area contributed by atoms with Crippen molar-refractivity contribution in [2.75, 3.05) is 0 Å². The van der Waals surface area contributed by atoms with E-state index in [4.69, 9.17) is 34.8 Å². The first-order valence-electron chi connectivity index (χ1n) is 3.98. The minimum atomic E-state index is -1.68. The van der Waals surface area contributed by atoms with E-state index in [1.807, 2.05) is 30.3 Å². The molecule has 1 atom stereocenters. The van der Waals surface area contributed by atoms with E-state index in [0.717, 1.165) is 5.56 Å². The summed E-state index contributed by atoms with van der Waals surface area (Å²) in [5.41, 5.74) is 0.945. The van der Waals surface area contributed by atoms with Gasteiger partial charge in [-0.3, -0.25) is 0 Å². The maximum Gasteiger partial charge on any atom is 0.219 e. The van der Waals surface area contributed by atoms with Gasteiger partial charge in [-0.2, -0.15) is 0 Å². The lowest BCUT2D eigenvalue weighted by Gasteiger charge is -2.14. The summed E-state index contributed by atoms with van der Waals surface area (Å²) in [6, 6.07) is 9.47. The first kappa shape index (κ1) is 11.9. The lowest BCUT2D eigenvalue weighted by molar-refractivity contribution is 0.228. The molecule has 0 radical (unpaired) electrons. The summed E-state index contributed by atoms with van der Waals surface area (Å²) in [5, 5.41) is 9.36. The Morgan fingerprint density at radius 1 is 1.14 bits per heavy atom. The number of halogens is 3. The minimum Gasteiger partial charge on any atom is -0.385 e. The fourth-order valence-electron chi connectivity index (χ4n) is 0.876. The van der Waals surface area contributed by atoms with Crippen molar-refractivity contribution in [3.63, 3.8) is 0 Å². The minimum absolute atomic E-state index is 0.945. The molecule has 1 aromatic rings. The van der Waals surface area contributed by atoms with Crippen LogP contribution >= 0.6 is 34.8 Å². The van der Waals surface area contributed by atoms with E-state index in [2.05, 4.69) is 0 Å². The molecule has 4 heteroatoms. The summed E-state index contributed by atoms with van der Waals surface area (Å²) in [5.74, 6) is 0. The van der Waals surface area contributed by atoms with Gasteiger partial charge in [-0.1, -0.05) is 77.3 Å². The molecule has 0 fully saturated rings. The predicted molar refractivity (Wildman–Crippen MR) is 61.8 cm³/mol. The second-order valence-corrected chi connectivity index (χ2v) is 5.13. The fraction of sp³-hybridized carbons (Fsp3) is 0.200. The van der Waals surface area contributed by atoms with E-state index in [0.29, 0.717) is 0 Å². The second-order valence-electron chi connectivity index (χ2n) is 2.76. The van der Waals surface area contributed by atoms with Crippen molar-refractivity contribution < 1.29 is 5.11 Å². The molecule has 0 aliphatic rings. The van der Waals surface area contributed by atoms with Gasteiger partial charge in [-0.25, -0.2) is 0 Å². The van der Waals surface area contributed by atoms with Crippen LogP contribution < -0.4 is 0 Å². The third-order valence-electron chi connectivity index (χ3n) is 1.61. The summed E-state index contributed by atoms with van der Waals surface area (Å²) >= 11 is 16.4. The van der Waals surface area contributed by atoms with Crippen molar-refractivity contribution in [1.82, 2.24) is 0 Å². The first-order chi connectivity index (χ1) is 6.50. The molecule has 0 bridgehead atoms. The van der Waals surface area contributed by atoms with Crippen molar-refractivity contribution in [2.45, 2.75) is 9.90 Å². The van der Waals surface area contributed by atoms with Crippen molar-refractivity contribution in [3.8, 4) is 0 Å². The zero-order valence-electron chi connectivity index (χ0n) is 7.20. The lowest BCUT2D eigenvalue weighted by atomic mass is 10.2. The molecule has 0 aliphatic carbocycles. The average molecular weight is 252 g/mol. The maximum absolute atomic E-state index is 9.36. The van der Waals surface area contributed by atoms with E-state index < -0.39 is 9.90 Å². The monoisotopic (exact) mass is 250 g/mol. The zero-order chi connectivity index (χ0) is 10.6. The van der Waals surface area contributed by atoms with Crippen LogP contribution in [0, 0.1) is 0 Å². The quantitative estimate of drug-likeness (QED) is 0.799. The Morgan fingerprint density at radius 3 is 2.21 bits per heavy atom. The average Bonchev–Trinajstić information content (AvgIpc) is 2.14. The molecule has 0 amide bonds. The summed E-state index contributed by atoms with van der Waals surface area (Å²) in [6.45, 7) is 0. The van der Waals surface area contributed by atoms with E-state index in [-0.39, 0.29) is 0 Å². The normalized spacial score (nSPS) is 14.6. The number of alkyl halides is 3. The summed E-state index contributed by atoms with van der Waals surface area (Å²) in [4.78, 5) is 0. The number of hydrogen-bond donors (Lipinski definition) is 1. The van der Waals surface area contributed by atoms with Gasteiger partial charge in [0.05, 0.1) is 0 Å². The third kappa shape index (κ3) is 3.89. The van der Waals surface area contributed by atoms with Crippen LogP contribution in [-0.4, -0.2) is 15.0 Å². The summed E-state index contributed by atoms with van der Waals surface area (Å²) in [6.07, 6.45) is 2.04. The van der Waals surface area contributed by atoms with Crippen LogP contribution in [0.3, 0.4) is 0 Å². The molecule has 1 unspecified atom stereocenters. The Kier molecular flexibility index (Phi) is 4.27. The number of rotatable bonds is 2. The molecule has 0 aliphatic heterocycles. The lowest BCUT2D eigenvalue weighted by Crippen LogP contribution is -2.22. The van der Waals surface area contributed by atoms with Gasteiger partial charge in [0.25, 0.3) is 0 Å². The standard InChI is InChI=1S/C10H9Cl3O/c11-10(12,13)9(14)7-6-8-4-2-1-3-5-8/h1-7,9,14H. The van der Waals surface area contributed by atoms with Crippen LogP contribution in [0.2, 0.25) is 0 Å². The summed E-state index contributed by atoms with van der Waals surface area (Å²) in [7, 11) is 0. The fourth-order valence-corrected chi connectivity index (χ4v) is 1.09. The molecular formula is C10H9Cl3O. The first-order valence-corrected chi connectivity index (χ1v) is 5.11. The highest BCUT2D eigenvalue weighted by molar-refractivity contribution is 6.68. The van der Waals surface area contributed by atoms with Crippen molar-refractivity contribution in [3.05, 3.63) is 42.0 Å². The van der Waals surface area contributed by atoms with Gasteiger partial charge in [-0.05, 0) is 5.56 Å². The molecule has 0 heterocycles. The van der Waals surface area contributed by atoms with E-state index in [1.54, 1.807) is 6.08 Å². The van der Waals surface area contributed by atoms with E-state index >= 15 is 0 Å². The predicted octanol–water partition coefficient (Wildman–Crippen LogP) is 3.43. The van der Waals surface area contributed by atoms with Gasteiger partial charge < -0.3 is 5.11 Å². The summed E-state index contributed by atoms with van der Waals surface area (Å²) < 4.78 is -1.68. The second kappa shape index (κ2) is 5.04. The van der Waals surface area contributed by atoms with Gasteiger partial charge in [0.15, 0.2) is 0 Å². The Hall–Kier alpha value is -0.210. The van der Waals surface area contributed by atoms with Crippen molar-refractivity contribution in [2.24, 2.45) is 0 Å². The SMILES string of the molecule is OC(C=Cc1ccccc1)C(Cl)(Cl)Cl. The highest BCUT2D eigenvalue weighted by Crippen LogP contribution is 2.31. The Morgan fingerprint density at radius 2 is 1.71 bits per heavy atom. The molecule has 0 saturated heterocycles. The number of aliphatic hydroxyl groups is 1. The maximum atomic E-state index is 9.36. The smallest absolute Gasteiger partial charge is 0.219 e. The van der Waals surface area contributed by atoms with Gasteiger partial charge in [0, 0.05) is 0 Å². The molecule has 0 saturated carbocycles. The number of benzene rings is 1. The van der Waals surface area contributed by atoms with E-state index in [9.17, 15) is 5.11 Å². The van der Waals surface area contributed by atoms with Crippen LogP contribution in [0.4, 0.5) is 0 Å². The molecule has 1 aromatic carbocycles. The van der Waals surface area contributed by atoms with Crippen LogP contribution in [0.25, 0.3) is 6.08 Å². The molecule has 14 heavy (non-hydrogen) atoms. The van der Waals surface area contributed by atoms with Gasteiger partial charge >= 0.3 is 0 Å². The topological polar surface area (TPSA) is 20.2 Å². The number of aliphatic hydroxyl groups excluding tert-OH is 1. The van der Waals surface area contributed by atoms with Crippen molar-refractivity contribution >= 4 is 40.9 Å². The van der Waals surface area contributed by atoms with Gasteiger partial charge in [-0.15, -0.1) is 0 Å². The van der Waals surface area contributed by atoms with E-state index in [1.165, 1.54) is 6.08 Å². The molecule has 1 N–H and O–H groups in total. The Bertz CT molecular complexity index is 303. The molecular weight excluding hydrogens is 242 g/mol. The Labute approximate surface area is 97.9 Å². The van der Waals surface area contributed by atoms with Gasteiger partial charge in [0.1, 0.15) is 6.10 Å². The highest BCUT2D eigenvalue weighted by atomic mass is 35.6. The number of hydrogen-bond acceptors (Lipinski definition) is 1. The molecule has 0 aromatic heterocycles. The zero-order valence-corrected chi connectivity index (χ0v) is 9.47. The van der Waals surface area contributed by atoms with Crippen LogP contribution in [0.15, 0.2) is 36.4 Å². The Balaban J connectivity index is 2.66. The molecule has 76 valence electrons. The van der Waals surface area contributed by atoms with Crippen LogP contribution in [-0.2, 0) is 0 Å². The van der Waals surface area contributed by atoms with Crippen molar-refractivity contribution in [1.29, 1.82) is 0 Å². The molecule has 1 rings (SSSR count). The molecule has 1 nitrogen and oxygen atoms in total. The third-order valence-corrected chi connectivity index (χ3v) is 2.28. The molecule has 0 spiro atoms. The van der Waals surface area contributed by atoms with Crippen LogP contribution in [0.5, 0.6) is 0 Å².